The molecule has 1 aliphatic heterocycles. The first kappa shape index (κ1) is 53.7. The van der Waals surface area contributed by atoms with Crippen LogP contribution in [0.1, 0.15) is 131 Å². The van der Waals surface area contributed by atoms with Gasteiger partial charge in [0.2, 0.25) is 0 Å². The molecule has 426 valence electrons. The van der Waals surface area contributed by atoms with Crippen molar-refractivity contribution in [2.45, 2.75) is 130 Å². The highest BCUT2D eigenvalue weighted by molar-refractivity contribution is 6.11. The summed E-state index contributed by atoms with van der Waals surface area (Å²) in [5.41, 5.74) is 23.1. The van der Waals surface area contributed by atoms with Crippen molar-refractivity contribution in [1.82, 2.24) is 18.7 Å². The lowest BCUT2D eigenvalue weighted by Crippen LogP contribution is -2.34. The Morgan fingerprint density at radius 3 is 1.57 bits per heavy atom. The number of rotatable bonds is 5. The highest BCUT2D eigenvalue weighted by Crippen LogP contribution is 2.53. The number of imidazole rings is 1. The van der Waals surface area contributed by atoms with E-state index in [9.17, 15) is 0 Å². The molecule has 0 spiro atoms. The first-order valence-corrected chi connectivity index (χ1v) is 30.8. The van der Waals surface area contributed by atoms with Crippen LogP contribution in [0.15, 0.2) is 194 Å². The second-order valence-electron chi connectivity index (χ2n) is 29.0. The molecule has 0 radical (unpaired) electrons. The highest BCUT2D eigenvalue weighted by atomic mass is 16.5. The van der Waals surface area contributed by atoms with E-state index in [4.69, 9.17) is 9.72 Å². The SMILES string of the molecule is CC(C)(C)c1ccnc(-n2c3ccccc3c3ccc(Oc4cccc(-n5[c-][n+]6c7c(cc(C(C)(C)C)cc75)-c5ccccc5-c5cc7c(cc5-c5cc(C(C)(C)C)cc(-n8c9ccccc9c9ccccc98)c5-6)C(C)(C)CCC7(C)C)c4)cc32)c1. The maximum Gasteiger partial charge on any atom is 0.269 e. The lowest BCUT2D eigenvalue weighted by molar-refractivity contribution is -0.571. The van der Waals surface area contributed by atoms with Crippen LogP contribution in [0, 0.1) is 6.33 Å². The number of aromatic nitrogens is 5. The molecule has 4 aromatic heterocycles. The van der Waals surface area contributed by atoms with Crippen LogP contribution < -0.4 is 9.30 Å². The molecule has 13 aromatic rings. The Morgan fingerprint density at radius 1 is 0.430 bits per heavy atom. The van der Waals surface area contributed by atoms with Gasteiger partial charge >= 0.3 is 0 Å². The zero-order valence-electron chi connectivity index (χ0n) is 52.0. The average molecular weight is 1120 g/mol. The van der Waals surface area contributed by atoms with E-state index in [2.05, 4.69) is 303 Å². The van der Waals surface area contributed by atoms with Crippen LogP contribution in [0.3, 0.4) is 0 Å². The molecule has 0 saturated carbocycles. The molecular weight excluding hydrogens is 1050 g/mol. The highest BCUT2D eigenvalue weighted by Gasteiger charge is 2.40. The molecule has 0 amide bonds. The van der Waals surface area contributed by atoms with Gasteiger partial charge in [0.1, 0.15) is 17.3 Å². The molecule has 5 heterocycles. The van der Waals surface area contributed by atoms with Crippen LogP contribution in [0.5, 0.6) is 11.5 Å². The van der Waals surface area contributed by atoms with Crippen LogP contribution in [-0.2, 0) is 27.1 Å². The van der Waals surface area contributed by atoms with Crippen molar-refractivity contribution < 1.29 is 9.30 Å². The van der Waals surface area contributed by atoms with Crippen LogP contribution in [0.2, 0.25) is 0 Å². The Morgan fingerprint density at radius 2 is 0.953 bits per heavy atom. The lowest BCUT2D eigenvalue weighted by Gasteiger charge is -2.42. The van der Waals surface area contributed by atoms with Crippen molar-refractivity contribution in [2.24, 2.45) is 0 Å². The molecule has 6 nitrogen and oxygen atoms in total. The molecule has 9 aromatic carbocycles. The Bertz CT molecular complexity index is 4920. The van der Waals surface area contributed by atoms with Gasteiger partial charge in [-0.15, -0.1) is 0 Å². The van der Waals surface area contributed by atoms with Gasteiger partial charge in [0.05, 0.1) is 50.2 Å². The standard InChI is InChI=1S/C80H75N5O/c1-76(2,3)49-35-38-81-73(43-49)85-69-32-21-18-29-59(69)60-34-33-54(45-70(60)85)86-53-24-22-23-52(44-53)82-48-83-74-63(39-50(41-71(74)82)77(4,5)6)56-26-15-14-25-55(56)61-46-65-66(80(12,13)37-36-79(65,10)11)47-62(61)64-40-51(78(7,8)9)42-72(75(64)83)84-67-30-19-16-27-57(67)58-28-17-20-31-68(58)84/h14-35,38-47H,36-37H2,1-13H3. The molecular formula is C80H75N5O. The van der Waals surface area contributed by atoms with Gasteiger partial charge in [-0.2, -0.15) is 0 Å². The summed E-state index contributed by atoms with van der Waals surface area (Å²) in [5, 5.41) is 4.77. The molecule has 15 rings (SSSR count). The van der Waals surface area contributed by atoms with Crippen molar-refractivity contribution in [3.05, 3.63) is 228 Å². The maximum absolute atomic E-state index is 7.07. The smallest absolute Gasteiger partial charge is 0.269 e. The second-order valence-corrected chi connectivity index (χ2v) is 29.0. The molecule has 0 unspecified atom stereocenters. The van der Waals surface area contributed by atoms with Crippen molar-refractivity contribution in [3.63, 3.8) is 0 Å². The predicted molar refractivity (Wildman–Crippen MR) is 358 cm³/mol. The fourth-order valence-corrected chi connectivity index (χ4v) is 14.2. The third kappa shape index (κ3) is 8.41. The largest absolute Gasteiger partial charge is 0.458 e. The Balaban J connectivity index is 1.03. The van der Waals surface area contributed by atoms with Gasteiger partial charge in [0, 0.05) is 33.8 Å². The molecule has 2 aliphatic rings. The van der Waals surface area contributed by atoms with E-state index in [1.807, 2.05) is 6.20 Å². The third-order valence-corrected chi connectivity index (χ3v) is 19.2. The molecule has 0 N–H and O–H groups in total. The molecule has 0 bridgehead atoms. The lowest BCUT2D eigenvalue weighted by atomic mass is 9.62. The Kier molecular flexibility index (Phi) is 11.7. The first-order chi connectivity index (χ1) is 41.0. The minimum absolute atomic E-state index is 0.0113. The fourth-order valence-electron chi connectivity index (χ4n) is 14.2. The second kappa shape index (κ2) is 18.7. The normalized spacial score (nSPS) is 14.7. The van der Waals surface area contributed by atoms with E-state index in [1.165, 1.54) is 77.4 Å². The van der Waals surface area contributed by atoms with Crippen LogP contribution in [0.4, 0.5) is 0 Å². The number of fused-ring (bicyclic) bond motifs is 14. The van der Waals surface area contributed by atoms with Gasteiger partial charge in [-0.1, -0.05) is 193 Å². The summed E-state index contributed by atoms with van der Waals surface area (Å²) < 4.78 is 16.6. The van der Waals surface area contributed by atoms with Gasteiger partial charge < -0.3 is 9.30 Å². The summed E-state index contributed by atoms with van der Waals surface area (Å²) in [4.78, 5) is 4.98. The minimum Gasteiger partial charge on any atom is -0.458 e. The van der Waals surface area contributed by atoms with Gasteiger partial charge in [-0.3, -0.25) is 13.7 Å². The van der Waals surface area contributed by atoms with Gasteiger partial charge in [0.15, 0.2) is 0 Å². The van der Waals surface area contributed by atoms with Gasteiger partial charge in [-0.25, -0.2) is 4.98 Å². The topological polar surface area (TPSA) is 40.8 Å². The maximum atomic E-state index is 7.07. The molecule has 0 fully saturated rings. The van der Waals surface area contributed by atoms with E-state index in [1.54, 1.807) is 0 Å². The minimum atomic E-state index is -0.209. The van der Waals surface area contributed by atoms with E-state index >= 15 is 0 Å². The summed E-state index contributed by atoms with van der Waals surface area (Å²) in [5.74, 6) is 2.35. The van der Waals surface area contributed by atoms with Gasteiger partial charge in [0.25, 0.3) is 6.33 Å². The molecule has 0 atom stereocenters. The number of nitrogens with zero attached hydrogens (tertiary/aromatic N) is 5. The van der Waals surface area contributed by atoms with E-state index in [-0.39, 0.29) is 27.1 Å². The Labute approximate surface area is 506 Å². The van der Waals surface area contributed by atoms with Crippen molar-refractivity contribution in [2.75, 3.05) is 0 Å². The molecule has 1 aliphatic carbocycles. The van der Waals surface area contributed by atoms with E-state index < -0.39 is 0 Å². The molecule has 0 saturated heterocycles. The van der Waals surface area contributed by atoms with Crippen molar-refractivity contribution in [3.8, 4) is 67.8 Å². The summed E-state index contributed by atoms with van der Waals surface area (Å²) in [6.07, 6.45) is 8.39. The Hall–Kier alpha value is -9.00. The van der Waals surface area contributed by atoms with Gasteiger partial charge in [-0.05, 0) is 180 Å². The molecule has 86 heavy (non-hydrogen) atoms. The number of hydrogen-bond acceptors (Lipinski definition) is 2. The fraction of sp³-hybridized carbons (Fsp3) is 0.250. The van der Waals surface area contributed by atoms with Crippen molar-refractivity contribution >= 4 is 54.6 Å². The zero-order chi connectivity index (χ0) is 59.6. The van der Waals surface area contributed by atoms with Crippen LogP contribution in [0.25, 0.3) is 111 Å². The summed E-state index contributed by atoms with van der Waals surface area (Å²) >= 11 is 0. The average Bonchev–Trinajstić information content (AvgIpc) is 1.47. The number of benzene rings is 9. The summed E-state index contributed by atoms with van der Waals surface area (Å²) in [7, 11) is 0. The summed E-state index contributed by atoms with van der Waals surface area (Å²) in [6.45, 7) is 30.7. The number of para-hydroxylation sites is 3. The number of pyridine rings is 1. The van der Waals surface area contributed by atoms with E-state index in [0.717, 1.165) is 85.7 Å². The molecule has 6 heteroatoms. The van der Waals surface area contributed by atoms with Crippen LogP contribution >= 0.6 is 0 Å². The van der Waals surface area contributed by atoms with Crippen molar-refractivity contribution in [1.29, 1.82) is 0 Å². The quantitative estimate of drug-likeness (QED) is 0.127. The number of ether oxygens (including phenoxy) is 1. The monoisotopic (exact) mass is 1120 g/mol. The predicted octanol–water partition coefficient (Wildman–Crippen LogP) is 20.6. The van der Waals surface area contributed by atoms with E-state index in [0.29, 0.717) is 0 Å². The third-order valence-electron chi connectivity index (χ3n) is 19.2. The zero-order valence-corrected chi connectivity index (χ0v) is 52.0. The summed E-state index contributed by atoms with van der Waals surface area (Å²) in [6, 6.07) is 70.3. The van der Waals surface area contributed by atoms with Crippen LogP contribution in [-0.4, -0.2) is 18.7 Å². The first-order valence-electron chi connectivity index (χ1n) is 30.8. The number of hydrogen-bond donors (Lipinski definition) is 0.